The third kappa shape index (κ3) is 3.92. The topological polar surface area (TPSA) is 64.3 Å². The summed E-state index contributed by atoms with van der Waals surface area (Å²) in [5.74, 6) is -0.0369. The maximum Gasteiger partial charge on any atom is 0.240 e. The lowest BCUT2D eigenvalue weighted by atomic mass is 9.97. The van der Waals surface area contributed by atoms with Crippen molar-refractivity contribution in [3.8, 4) is 0 Å². The van der Waals surface area contributed by atoms with E-state index < -0.39 is 5.54 Å². The minimum absolute atomic E-state index is 0. The molecule has 0 aromatic carbocycles. The van der Waals surface area contributed by atoms with Gasteiger partial charge in [-0.25, -0.2) is 0 Å². The Morgan fingerprint density at radius 1 is 1.44 bits per heavy atom. The molecule has 4 nitrogen and oxygen atoms in total. The summed E-state index contributed by atoms with van der Waals surface area (Å²) in [6.07, 6.45) is 3.70. The average Bonchev–Trinajstić information content (AvgIpc) is 2.63. The molecule has 1 saturated carbocycles. The Balaban J connectivity index is 0.00000225. The van der Waals surface area contributed by atoms with Crippen LogP contribution in [0.15, 0.2) is 0 Å². The normalized spacial score (nSPS) is 19.0. The Labute approximate surface area is 104 Å². The van der Waals surface area contributed by atoms with Crippen molar-refractivity contribution in [3.63, 3.8) is 0 Å². The molecule has 1 amide bonds. The predicted octanol–water partition coefficient (Wildman–Crippen LogP) is 1.22. The molecule has 1 aliphatic carbocycles. The number of carbonyl (C=O) groups excluding carboxylic acids is 1. The SMILES string of the molecule is COC(C)(C)CNC(=O)C1(N)CCCC1.Cl. The Morgan fingerprint density at radius 2 is 1.94 bits per heavy atom. The number of halogens is 1. The van der Waals surface area contributed by atoms with Crippen LogP contribution in [0.5, 0.6) is 0 Å². The van der Waals surface area contributed by atoms with Gasteiger partial charge in [-0.1, -0.05) is 12.8 Å². The zero-order chi connectivity index (χ0) is 11.5. The number of methoxy groups -OCH3 is 1. The zero-order valence-corrected chi connectivity index (χ0v) is 11.2. The summed E-state index contributed by atoms with van der Waals surface area (Å²) in [6.45, 7) is 4.37. The summed E-state index contributed by atoms with van der Waals surface area (Å²) in [7, 11) is 1.64. The van der Waals surface area contributed by atoms with Crippen molar-refractivity contribution in [2.24, 2.45) is 5.73 Å². The lowest BCUT2D eigenvalue weighted by Crippen LogP contribution is -2.54. The van der Waals surface area contributed by atoms with Crippen LogP contribution < -0.4 is 11.1 Å². The molecule has 0 radical (unpaired) electrons. The summed E-state index contributed by atoms with van der Waals surface area (Å²) in [5.41, 5.74) is 5.06. The summed E-state index contributed by atoms with van der Waals surface area (Å²) in [6, 6.07) is 0. The first-order valence-electron chi connectivity index (χ1n) is 5.52. The Hall–Kier alpha value is -0.320. The van der Waals surface area contributed by atoms with E-state index in [1.807, 2.05) is 13.8 Å². The van der Waals surface area contributed by atoms with E-state index in [4.69, 9.17) is 10.5 Å². The molecule has 0 heterocycles. The number of nitrogens with one attached hydrogen (secondary N) is 1. The quantitative estimate of drug-likeness (QED) is 0.789. The minimum Gasteiger partial charge on any atom is -0.377 e. The van der Waals surface area contributed by atoms with Gasteiger partial charge in [-0.15, -0.1) is 12.4 Å². The van der Waals surface area contributed by atoms with E-state index in [0.29, 0.717) is 6.54 Å². The molecule has 0 aliphatic heterocycles. The van der Waals surface area contributed by atoms with Crippen molar-refractivity contribution in [1.29, 1.82) is 0 Å². The maximum atomic E-state index is 11.8. The number of nitrogens with two attached hydrogens (primary N) is 1. The molecule has 0 aromatic heterocycles. The molecule has 1 fully saturated rings. The van der Waals surface area contributed by atoms with Crippen LogP contribution in [-0.4, -0.2) is 30.7 Å². The minimum atomic E-state index is -0.635. The molecular weight excluding hydrogens is 228 g/mol. The predicted molar refractivity (Wildman–Crippen MR) is 66.7 cm³/mol. The van der Waals surface area contributed by atoms with Crippen LogP contribution in [0.25, 0.3) is 0 Å². The van der Waals surface area contributed by atoms with Gasteiger partial charge in [-0.05, 0) is 26.7 Å². The molecular formula is C11H23ClN2O2. The lowest BCUT2D eigenvalue weighted by Gasteiger charge is -2.27. The highest BCUT2D eigenvalue weighted by Crippen LogP contribution is 2.27. The van der Waals surface area contributed by atoms with Crippen LogP contribution in [0.4, 0.5) is 0 Å². The van der Waals surface area contributed by atoms with Gasteiger partial charge in [0, 0.05) is 13.7 Å². The molecule has 0 spiro atoms. The summed E-state index contributed by atoms with van der Waals surface area (Å²) in [4.78, 5) is 11.8. The van der Waals surface area contributed by atoms with Crippen LogP contribution in [-0.2, 0) is 9.53 Å². The van der Waals surface area contributed by atoms with Gasteiger partial charge >= 0.3 is 0 Å². The van der Waals surface area contributed by atoms with E-state index in [1.165, 1.54) is 0 Å². The van der Waals surface area contributed by atoms with Crippen LogP contribution >= 0.6 is 12.4 Å². The summed E-state index contributed by atoms with van der Waals surface area (Å²) >= 11 is 0. The highest BCUT2D eigenvalue weighted by Gasteiger charge is 2.37. The molecule has 0 aromatic rings. The molecule has 0 saturated heterocycles. The third-order valence-electron chi connectivity index (χ3n) is 3.18. The molecule has 1 rings (SSSR count). The fraction of sp³-hybridized carbons (Fsp3) is 0.909. The van der Waals surface area contributed by atoms with Crippen molar-refractivity contribution in [1.82, 2.24) is 5.32 Å². The zero-order valence-electron chi connectivity index (χ0n) is 10.3. The first-order chi connectivity index (χ1) is 6.90. The Morgan fingerprint density at radius 3 is 2.38 bits per heavy atom. The van der Waals surface area contributed by atoms with Gasteiger partial charge < -0.3 is 15.8 Å². The van der Waals surface area contributed by atoms with Crippen molar-refractivity contribution in [2.75, 3.05) is 13.7 Å². The number of hydrogen-bond donors (Lipinski definition) is 2. The summed E-state index contributed by atoms with van der Waals surface area (Å²) in [5, 5.41) is 2.87. The first-order valence-corrected chi connectivity index (χ1v) is 5.52. The Bertz CT molecular complexity index is 238. The van der Waals surface area contributed by atoms with Crippen molar-refractivity contribution in [2.45, 2.75) is 50.7 Å². The van der Waals surface area contributed by atoms with Gasteiger partial charge in [-0.2, -0.15) is 0 Å². The van der Waals surface area contributed by atoms with Crippen LogP contribution in [0.3, 0.4) is 0 Å². The number of amides is 1. The molecule has 1 aliphatic rings. The molecule has 0 unspecified atom stereocenters. The standard InChI is InChI=1S/C11H22N2O2.ClH/c1-10(2,15-3)8-13-9(14)11(12)6-4-5-7-11;/h4-8,12H2,1-3H3,(H,13,14);1H. The highest BCUT2D eigenvalue weighted by atomic mass is 35.5. The van der Waals surface area contributed by atoms with Gasteiger partial charge in [0.2, 0.25) is 5.91 Å². The molecule has 0 bridgehead atoms. The van der Waals surface area contributed by atoms with Crippen molar-refractivity contribution in [3.05, 3.63) is 0 Å². The van der Waals surface area contributed by atoms with E-state index in [0.717, 1.165) is 25.7 Å². The van der Waals surface area contributed by atoms with Gasteiger partial charge in [0.15, 0.2) is 0 Å². The van der Waals surface area contributed by atoms with Crippen molar-refractivity contribution < 1.29 is 9.53 Å². The monoisotopic (exact) mass is 250 g/mol. The molecule has 0 atom stereocenters. The fourth-order valence-corrected chi connectivity index (χ4v) is 1.77. The maximum absolute atomic E-state index is 11.8. The number of rotatable bonds is 4. The van der Waals surface area contributed by atoms with Crippen LogP contribution in [0.1, 0.15) is 39.5 Å². The van der Waals surface area contributed by atoms with E-state index in [9.17, 15) is 4.79 Å². The smallest absolute Gasteiger partial charge is 0.240 e. The van der Waals surface area contributed by atoms with Crippen molar-refractivity contribution >= 4 is 18.3 Å². The second-order valence-corrected chi connectivity index (χ2v) is 5.01. The van der Waals surface area contributed by atoms with Gasteiger partial charge in [0.05, 0.1) is 11.1 Å². The third-order valence-corrected chi connectivity index (χ3v) is 3.18. The molecule has 3 N–H and O–H groups in total. The largest absolute Gasteiger partial charge is 0.377 e. The first kappa shape index (κ1) is 15.7. The van der Waals surface area contributed by atoms with E-state index >= 15 is 0 Å². The fourth-order valence-electron chi connectivity index (χ4n) is 1.77. The van der Waals surface area contributed by atoms with Gasteiger partial charge in [0.1, 0.15) is 0 Å². The molecule has 5 heteroatoms. The van der Waals surface area contributed by atoms with Crippen LogP contribution in [0.2, 0.25) is 0 Å². The van der Waals surface area contributed by atoms with E-state index in [2.05, 4.69) is 5.32 Å². The lowest BCUT2D eigenvalue weighted by molar-refractivity contribution is -0.127. The second-order valence-electron chi connectivity index (χ2n) is 5.01. The number of ether oxygens (including phenoxy) is 1. The highest BCUT2D eigenvalue weighted by molar-refractivity contribution is 5.86. The molecule has 16 heavy (non-hydrogen) atoms. The second kappa shape index (κ2) is 5.84. The van der Waals surface area contributed by atoms with Gasteiger partial charge in [-0.3, -0.25) is 4.79 Å². The molecule has 96 valence electrons. The Kier molecular flexibility index (Phi) is 5.73. The summed E-state index contributed by atoms with van der Waals surface area (Å²) < 4.78 is 5.23. The number of carbonyl (C=O) groups is 1. The number of hydrogen-bond acceptors (Lipinski definition) is 3. The van der Waals surface area contributed by atoms with Crippen LogP contribution in [0, 0.1) is 0 Å². The average molecular weight is 251 g/mol. The van der Waals surface area contributed by atoms with Gasteiger partial charge in [0.25, 0.3) is 0 Å². The van der Waals surface area contributed by atoms with E-state index in [1.54, 1.807) is 7.11 Å². The van der Waals surface area contributed by atoms with E-state index in [-0.39, 0.29) is 23.9 Å².